The van der Waals surface area contributed by atoms with Crippen LogP contribution in [0.2, 0.25) is 0 Å². The van der Waals surface area contributed by atoms with E-state index < -0.39 is 0 Å². The fourth-order valence-electron chi connectivity index (χ4n) is 4.07. The van der Waals surface area contributed by atoms with E-state index in [0.29, 0.717) is 33.2 Å². The number of ether oxygens (including phenoxy) is 1. The van der Waals surface area contributed by atoms with Crippen LogP contribution in [0.5, 0.6) is 11.5 Å². The van der Waals surface area contributed by atoms with Gasteiger partial charge in [0.2, 0.25) is 5.95 Å². The average molecular weight is 521 g/mol. The number of halogens is 1. The van der Waals surface area contributed by atoms with Crippen LogP contribution in [0.1, 0.15) is 12.8 Å². The minimum absolute atomic E-state index is 0.245. The molecule has 0 aliphatic carbocycles. The number of nitrogens with one attached hydrogen (secondary N) is 3. The van der Waals surface area contributed by atoms with Crippen molar-refractivity contribution >= 4 is 44.3 Å². The summed E-state index contributed by atoms with van der Waals surface area (Å²) in [6.07, 6.45) is 3.65. The molecule has 0 spiro atoms. The Bertz CT molecular complexity index is 1340. The quantitative estimate of drug-likeness (QED) is 0.336. The first-order valence-electron chi connectivity index (χ1n) is 11.2. The van der Waals surface area contributed by atoms with Crippen molar-refractivity contribution in [1.29, 1.82) is 0 Å². The van der Waals surface area contributed by atoms with Gasteiger partial charge in [-0.3, -0.25) is 4.79 Å². The smallest absolute Gasteiger partial charge is 0.261 e. The van der Waals surface area contributed by atoms with E-state index in [-0.39, 0.29) is 5.56 Å². The van der Waals surface area contributed by atoms with Crippen LogP contribution in [0.3, 0.4) is 0 Å². The molecule has 1 fully saturated rings. The molecule has 0 amide bonds. The molecule has 2 aromatic heterocycles. The monoisotopic (exact) mass is 520 g/mol. The van der Waals surface area contributed by atoms with Gasteiger partial charge < -0.3 is 25.3 Å². The highest BCUT2D eigenvalue weighted by molar-refractivity contribution is 9.10. The van der Waals surface area contributed by atoms with Crippen LogP contribution in [0.25, 0.3) is 10.9 Å². The van der Waals surface area contributed by atoms with Crippen LogP contribution in [0, 0.1) is 0 Å². The lowest BCUT2D eigenvalue weighted by atomic mass is 10.1. The molecule has 0 radical (unpaired) electrons. The Morgan fingerprint density at radius 3 is 2.44 bits per heavy atom. The van der Waals surface area contributed by atoms with Gasteiger partial charge in [0.15, 0.2) is 0 Å². The summed E-state index contributed by atoms with van der Waals surface area (Å²) in [5.41, 5.74) is 1.13. The van der Waals surface area contributed by atoms with E-state index >= 15 is 0 Å². The van der Waals surface area contributed by atoms with E-state index in [1.54, 1.807) is 6.20 Å². The van der Waals surface area contributed by atoms with Crippen molar-refractivity contribution in [1.82, 2.24) is 20.3 Å². The normalized spacial score (nSPS) is 14.4. The second-order valence-corrected chi connectivity index (χ2v) is 9.03. The number of benzene rings is 2. The zero-order valence-corrected chi connectivity index (χ0v) is 20.3. The van der Waals surface area contributed by atoms with Crippen LogP contribution >= 0.6 is 15.9 Å². The van der Waals surface area contributed by atoms with Crippen molar-refractivity contribution < 1.29 is 4.74 Å². The van der Waals surface area contributed by atoms with E-state index in [9.17, 15) is 4.79 Å². The largest absolute Gasteiger partial charge is 0.457 e. The summed E-state index contributed by atoms with van der Waals surface area (Å²) in [6.45, 7) is 1.70. The van der Waals surface area contributed by atoms with E-state index in [4.69, 9.17) is 14.7 Å². The number of hydrogen-bond acceptors (Lipinski definition) is 7. The van der Waals surface area contributed by atoms with Crippen molar-refractivity contribution in [2.45, 2.75) is 18.9 Å². The van der Waals surface area contributed by atoms with E-state index in [0.717, 1.165) is 43.1 Å². The molecular weight excluding hydrogens is 496 g/mol. The molecule has 1 aliphatic rings. The maximum atomic E-state index is 12.7. The van der Waals surface area contributed by atoms with Gasteiger partial charge in [-0.15, -0.1) is 0 Å². The Labute approximate surface area is 205 Å². The second kappa shape index (κ2) is 9.82. The van der Waals surface area contributed by atoms with Gasteiger partial charge in [-0.2, -0.15) is 4.98 Å². The van der Waals surface area contributed by atoms with Gasteiger partial charge in [-0.1, -0.05) is 18.2 Å². The van der Waals surface area contributed by atoms with Gasteiger partial charge in [-0.25, -0.2) is 4.98 Å². The number of pyridine rings is 1. The van der Waals surface area contributed by atoms with Gasteiger partial charge in [0, 0.05) is 31.0 Å². The number of fused-ring (bicyclic) bond motifs is 1. The maximum Gasteiger partial charge on any atom is 0.261 e. The lowest BCUT2D eigenvalue weighted by Crippen LogP contribution is -2.42. The predicted octanol–water partition coefficient (Wildman–Crippen LogP) is 4.80. The van der Waals surface area contributed by atoms with Gasteiger partial charge in [-0.05, 0) is 72.2 Å². The van der Waals surface area contributed by atoms with Crippen molar-refractivity contribution in [3.8, 4) is 11.5 Å². The van der Waals surface area contributed by atoms with Crippen LogP contribution < -0.4 is 25.8 Å². The van der Waals surface area contributed by atoms with Crippen LogP contribution in [0.4, 0.5) is 17.5 Å². The van der Waals surface area contributed by atoms with Crippen molar-refractivity contribution in [3.05, 3.63) is 75.6 Å². The number of aromatic amines is 1. The van der Waals surface area contributed by atoms with Crippen molar-refractivity contribution in [2.75, 3.05) is 30.4 Å². The summed E-state index contributed by atoms with van der Waals surface area (Å²) < 4.78 is 6.59. The first-order valence-corrected chi connectivity index (χ1v) is 12.0. The standard InChI is InChI=1S/C25H25BrN6O2/c1-27-16-11-13-32(14-12-16)25-30-22-20(26)15-28-24(33)21(22)23(31-25)29-17-7-9-19(10-8-17)34-18-5-3-2-4-6-18/h2-10,15-16,27H,11-14H2,1H3,(H,28,33)(H,29,30,31). The van der Waals surface area contributed by atoms with Crippen LogP contribution in [0.15, 0.2) is 70.1 Å². The average Bonchev–Trinajstić information content (AvgIpc) is 2.88. The number of anilines is 3. The lowest BCUT2D eigenvalue weighted by molar-refractivity contribution is 0.439. The third-order valence-corrected chi connectivity index (χ3v) is 6.57. The number of aromatic nitrogens is 3. The summed E-state index contributed by atoms with van der Waals surface area (Å²) >= 11 is 3.54. The predicted molar refractivity (Wildman–Crippen MR) is 138 cm³/mol. The molecular formula is C25H25BrN6O2. The molecule has 3 N–H and O–H groups in total. The molecule has 0 unspecified atom stereocenters. The minimum atomic E-state index is -0.245. The molecule has 174 valence electrons. The molecule has 9 heteroatoms. The molecule has 0 saturated carbocycles. The molecule has 5 rings (SSSR count). The zero-order valence-electron chi connectivity index (χ0n) is 18.7. The number of hydrogen-bond donors (Lipinski definition) is 3. The Kier molecular flexibility index (Phi) is 6.46. The van der Waals surface area contributed by atoms with Crippen LogP contribution in [-0.2, 0) is 0 Å². The zero-order chi connectivity index (χ0) is 23.5. The van der Waals surface area contributed by atoms with Crippen molar-refractivity contribution in [3.63, 3.8) is 0 Å². The molecule has 1 saturated heterocycles. The molecule has 2 aromatic carbocycles. The molecule has 1 aliphatic heterocycles. The van der Waals surface area contributed by atoms with Crippen molar-refractivity contribution in [2.24, 2.45) is 0 Å². The third kappa shape index (κ3) is 4.76. The number of rotatable bonds is 6. The molecule has 34 heavy (non-hydrogen) atoms. The number of piperidine rings is 1. The first-order chi connectivity index (χ1) is 16.6. The molecule has 0 bridgehead atoms. The van der Waals surface area contributed by atoms with Gasteiger partial charge in [0.1, 0.15) is 22.7 Å². The van der Waals surface area contributed by atoms with Gasteiger partial charge >= 0.3 is 0 Å². The summed E-state index contributed by atoms with van der Waals surface area (Å²) in [6, 6.07) is 17.7. The van der Waals surface area contributed by atoms with Gasteiger partial charge in [0.05, 0.1) is 9.99 Å². The summed E-state index contributed by atoms with van der Waals surface area (Å²) in [5.74, 6) is 2.57. The molecule has 8 nitrogen and oxygen atoms in total. The number of nitrogens with zero attached hydrogens (tertiary/aromatic N) is 3. The third-order valence-electron chi connectivity index (χ3n) is 5.96. The summed E-state index contributed by atoms with van der Waals surface area (Å²) in [4.78, 5) is 27.2. The SMILES string of the molecule is CNC1CCN(c2nc(Nc3ccc(Oc4ccccc4)cc3)c3c(=O)[nH]cc(Br)c3n2)CC1. The Balaban J connectivity index is 1.46. The first kappa shape index (κ1) is 22.4. The Hall–Kier alpha value is -3.43. The summed E-state index contributed by atoms with van der Waals surface area (Å²) in [7, 11) is 1.99. The van der Waals surface area contributed by atoms with Crippen LogP contribution in [-0.4, -0.2) is 41.1 Å². The highest BCUT2D eigenvalue weighted by Crippen LogP contribution is 2.30. The molecule has 0 atom stereocenters. The van der Waals surface area contributed by atoms with E-state index in [2.05, 4.69) is 36.4 Å². The molecule has 3 heterocycles. The lowest BCUT2D eigenvalue weighted by Gasteiger charge is -2.32. The highest BCUT2D eigenvalue weighted by Gasteiger charge is 2.22. The number of H-pyrrole nitrogens is 1. The highest BCUT2D eigenvalue weighted by atomic mass is 79.9. The Morgan fingerprint density at radius 2 is 1.74 bits per heavy atom. The van der Waals surface area contributed by atoms with E-state index in [1.165, 1.54) is 0 Å². The Morgan fingerprint density at radius 1 is 1.03 bits per heavy atom. The minimum Gasteiger partial charge on any atom is -0.457 e. The van der Waals surface area contributed by atoms with E-state index in [1.807, 2.05) is 61.6 Å². The fraction of sp³-hybridized carbons (Fsp3) is 0.240. The fourth-order valence-corrected chi connectivity index (χ4v) is 4.48. The second-order valence-electron chi connectivity index (χ2n) is 8.18. The summed E-state index contributed by atoms with van der Waals surface area (Å²) in [5, 5.41) is 7.07. The topological polar surface area (TPSA) is 95.2 Å². The molecule has 4 aromatic rings. The number of para-hydroxylation sites is 1. The van der Waals surface area contributed by atoms with Gasteiger partial charge in [0.25, 0.3) is 5.56 Å². The maximum absolute atomic E-state index is 12.7.